The van der Waals surface area contributed by atoms with E-state index in [2.05, 4.69) is 16.0 Å². The Morgan fingerprint density at radius 3 is 2.44 bits per heavy atom. The van der Waals surface area contributed by atoms with Crippen molar-refractivity contribution >= 4 is 47.2 Å². The number of phenolic OH excluding ortho intramolecular Hbond substituents is 2. The highest BCUT2D eigenvalue weighted by Gasteiger charge is 2.32. The van der Waals surface area contributed by atoms with Crippen LogP contribution in [0.4, 0.5) is 5.69 Å². The van der Waals surface area contributed by atoms with Gasteiger partial charge in [-0.1, -0.05) is 0 Å². The second-order valence-electron chi connectivity index (χ2n) is 7.36. The minimum Gasteiger partial charge on any atom is -0.504 e. The van der Waals surface area contributed by atoms with Gasteiger partial charge in [0.15, 0.2) is 11.5 Å². The molecule has 0 bridgehead atoms. The molecule has 1 aromatic rings. The number of carbonyl (C=O) groups excluding carboxylic acids is 2. The molecule has 14 nitrogen and oxygen atoms in total. The molecule has 0 spiro atoms. The normalized spacial score (nSPS) is 16.0. The number of carbonyl (C=O) groups is 5. The van der Waals surface area contributed by atoms with Crippen LogP contribution in [0, 0.1) is 0 Å². The van der Waals surface area contributed by atoms with E-state index in [9.17, 15) is 39.3 Å². The van der Waals surface area contributed by atoms with E-state index in [1.165, 1.54) is 6.07 Å². The van der Waals surface area contributed by atoms with Crippen LogP contribution >= 0.6 is 11.8 Å². The molecule has 15 heteroatoms. The molecule has 2 rings (SSSR count). The number of hydrogen-bond acceptors (Lipinski definition) is 10. The summed E-state index contributed by atoms with van der Waals surface area (Å²) in [5.41, 5.74) is 6.03. The van der Waals surface area contributed by atoms with Gasteiger partial charge in [-0.3, -0.25) is 19.2 Å². The van der Waals surface area contributed by atoms with E-state index in [0.717, 1.165) is 11.8 Å². The van der Waals surface area contributed by atoms with Gasteiger partial charge in [0.1, 0.15) is 24.7 Å². The molecular weight excluding hydrogens is 476 g/mol. The van der Waals surface area contributed by atoms with Crippen LogP contribution in [0.2, 0.25) is 0 Å². The van der Waals surface area contributed by atoms with Crippen molar-refractivity contribution in [3.63, 3.8) is 0 Å². The van der Waals surface area contributed by atoms with Crippen molar-refractivity contribution < 1.29 is 49.5 Å². The van der Waals surface area contributed by atoms with Crippen LogP contribution < -0.4 is 21.7 Å². The molecule has 34 heavy (non-hydrogen) atoms. The van der Waals surface area contributed by atoms with Gasteiger partial charge >= 0.3 is 17.9 Å². The average Bonchev–Trinajstić information content (AvgIpc) is 3.18. The quantitative estimate of drug-likeness (QED) is 0.0900. The number of anilines is 1. The number of fused-ring (bicyclic) bond motifs is 1. The summed E-state index contributed by atoms with van der Waals surface area (Å²) in [6, 6.07) is -2.42. The van der Waals surface area contributed by atoms with Gasteiger partial charge in [-0.05, 0) is 12.0 Å². The van der Waals surface area contributed by atoms with Crippen LogP contribution in [0.3, 0.4) is 0 Å². The van der Waals surface area contributed by atoms with Crippen LogP contribution in [0.25, 0.3) is 0 Å². The van der Waals surface area contributed by atoms with Crippen LogP contribution in [0.5, 0.6) is 11.5 Å². The first-order valence-electron chi connectivity index (χ1n) is 9.87. The van der Waals surface area contributed by atoms with Crippen LogP contribution in [0.15, 0.2) is 11.0 Å². The van der Waals surface area contributed by atoms with E-state index >= 15 is 0 Å². The minimum atomic E-state index is -1.33. The Bertz CT molecular complexity index is 1000. The first kappa shape index (κ1) is 26.5. The van der Waals surface area contributed by atoms with E-state index in [1.54, 1.807) is 0 Å². The zero-order valence-electron chi connectivity index (χ0n) is 17.6. The van der Waals surface area contributed by atoms with E-state index < -0.39 is 65.9 Å². The number of nitrogens with two attached hydrogens (primary N) is 1. The molecule has 1 unspecified atom stereocenters. The third kappa shape index (κ3) is 6.89. The number of aromatic hydroxyl groups is 2. The van der Waals surface area contributed by atoms with Crippen molar-refractivity contribution in [2.75, 3.05) is 17.6 Å². The SMILES string of the molecule is N[C@@H](CCC(=O)N[C@@H](CSc1c(O)c(O)cc2c1CC(C(=O)O)N2)C(=O)NCC(=O)O)C(=O)O. The Hall–Kier alpha value is -3.72. The van der Waals surface area contributed by atoms with Crippen molar-refractivity contribution in [1.29, 1.82) is 0 Å². The number of carboxylic acids is 3. The number of aliphatic carboxylic acids is 3. The summed E-state index contributed by atoms with van der Waals surface area (Å²) in [4.78, 5) is 57.7. The number of amides is 2. The summed E-state index contributed by atoms with van der Waals surface area (Å²) in [6.45, 7) is -0.725. The molecule has 1 heterocycles. The Labute approximate surface area is 196 Å². The van der Waals surface area contributed by atoms with Gasteiger partial charge in [-0.15, -0.1) is 11.8 Å². The van der Waals surface area contributed by atoms with Crippen molar-refractivity contribution in [1.82, 2.24) is 10.6 Å². The standard InChI is InChI=1S/C19H24N4O10S/c20-8(18(30)31)1-2-13(25)23-11(17(29)21-5-14(26)27)6-34-16-7-3-10(19(32)33)22-9(7)4-12(24)15(16)28/h4,8,10-11,22,24,28H,1-3,5-6,20H2,(H,21,29)(H,23,25)(H,26,27)(H,30,31)(H,32,33)/t8-,10?,11-/m0/s1. The summed E-state index contributed by atoms with van der Waals surface area (Å²) in [6.07, 6.45) is -0.547. The Kier molecular flexibility index (Phi) is 8.91. The highest BCUT2D eigenvalue weighted by molar-refractivity contribution is 7.99. The van der Waals surface area contributed by atoms with Crippen LogP contribution in [0.1, 0.15) is 18.4 Å². The molecule has 0 saturated heterocycles. The fraction of sp³-hybridized carbons (Fsp3) is 0.421. The minimum absolute atomic E-state index is 0.0177. The number of nitrogens with one attached hydrogen (secondary N) is 3. The van der Waals surface area contributed by atoms with Crippen molar-refractivity contribution in [3.8, 4) is 11.5 Å². The molecule has 0 saturated carbocycles. The third-order valence-electron chi connectivity index (χ3n) is 4.83. The second-order valence-corrected chi connectivity index (χ2v) is 8.40. The lowest BCUT2D eigenvalue weighted by Gasteiger charge is -2.19. The van der Waals surface area contributed by atoms with Gasteiger partial charge in [0.25, 0.3) is 0 Å². The fourth-order valence-electron chi connectivity index (χ4n) is 3.06. The number of hydrogen-bond donors (Lipinski definition) is 9. The number of thioether (sulfide) groups is 1. The zero-order chi connectivity index (χ0) is 25.6. The Morgan fingerprint density at radius 1 is 1.18 bits per heavy atom. The number of carboxylic acid groups (broad SMARTS) is 3. The summed E-state index contributed by atoms with van der Waals surface area (Å²) in [5.74, 6) is -6.66. The zero-order valence-corrected chi connectivity index (χ0v) is 18.4. The van der Waals surface area contributed by atoms with Crippen LogP contribution in [-0.2, 0) is 30.4 Å². The molecule has 0 aliphatic carbocycles. The topological polar surface area (TPSA) is 249 Å². The maximum Gasteiger partial charge on any atom is 0.326 e. The molecule has 1 aliphatic heterocycles. The molecule has 0 radical (unpaired) electrons. The van der Waals surface area contributed by atoms with Gasteiger partial charge in [-0.2, -0.15) is 0 Å². The van der Waals surface area contributed by atoms with E-state index in [-0.39, 0.29) is 35.6 Å². The van der Waals surface area contributed by atoms with Crippen molar-refractivity contribution in [3.05, 3.63) is 11.6 Å². The lowest BCUT2D eigenvalue weighted by atomic mass is 10.1. The lowest BCUT2D eigenvalue weighted by Crippen LogP contribution is -2.49. The molecule has 1 aromatic carbocycles. The van der Waals surface area contributed by atoms with Crippen LogP contribution in [-0.4, -0.2) is 85.7 Å². The van der Waals surface area contributed by atoms with Gasteiger partial charge < -0.3 is 47.2 Å². The average molecular weight is 500 g/mol. The Balaban J connectivity index is 2.18. The maximum absolute atomic E-state index is 12.5. The number of phenols is 2. The van der Waals surface area contributed by atoms with Gasteiger partial charge in [0.05, 0.1) is 4.90 Å². The first-order valence-corrected chi connectivity index (χ1v) is 10.9. The lowest BCUT2D eigenvalue weighted by molar-refractivity contribution is -0.139. The molecule has 1 aliphatic rings. The van der Waals surface area contributed by atoms with E-state index in [0.29, 0.717) is 5.56 Å². The van der Waals surface area contributed by atoms with Gasteiger partial charge in [0, 0.05) is 30.3 Å². The molecule has 2 amide bonds. The second kappa shape index (κ2) is 11.4. The largest absolute Gasteiger partial charge is 0.504 e. The molecule has 3 atom stereocenters. The fourth-order valence-corrected chi connectivity index (χ4v) is 4.24. The summed E-state index contributed by atoms with van der Waals surface area (Å²) >= 11 is 0.838. The highest BCUT2D eigenvalue weighted by atomic mass is 32.2. The maximum atomic E-state index is 12.5. The van der Waals surface area contributed by atoms with Gasteiger partial charge in [0.2, 0.25) is 11.8 Å². The molecule has 0 fully saturated rings. The van der Waals surface area contributed by atoms with Gasteiger partial charge in [-0.25, -0.2) is 4.79 Å². The third-order valence-corrected chi connectivity index (χ3v) is 6.06. The first-order chi connectivity index (χ1) is 15.9. The van der Waals surface area contributed by atoms with E-state index in [1.807, 2.05) is 0 Å². The molecule has 186 valence electrons. The van der Waals surface area contributed by atoms with Crippen molar-refractivity contribution in [2.45, 2.75) is 42.3 Å². The summed E-state index contributed by atoms with van der Waals surface area (Å²) in [7, 11) is 0. The summed E-state index contributed by atoms with van der Waals surface area (Å²) < 4.78 is 0. The smallest absolute Gasteiger partial charge is 0.326 e. The Morgan fingerprint density at radius 2 is 1.85 bits per heavy atom. The number of rotatable bonds is 12. The monoisotopic (exact) mass is 500 g/mol. The van der Waals surface area contributed by atoms with E-state index in [4.69, 9.17) is 15.9 Å². The molecule has 10 N–H and O–H groups in total. The van der Waals surface area contributed by atoms with Crippen molar-refractivity contribution in [2.24, 2.45) is 5.73 Å². The molecule has 0 aromatic heterocycles. The number of benzene rings is 1. The predicted octanol–water partition coefficient (Wildman–Crippen LogP) is -1.51. The molecular formula is C19H24N4O10S. The summed E-state index contributed by atoms with van der Waals surface area (Å²) in [5, 5.41) is 54.3. The highest BCUT2D eigenvalue weighted by Crippen LogP contribution is 2.45. The predicted molar refractivity (Wildman–Crippen MR) is 117 cm³/mol.